The lowest BCUT2D eigenvalue weighted by molar-refractivity contribution is -0.148. The molecule has 4 rings (SSSR count). The number of ether oxygens (including phenoxy) is 1. The van der Waals surface area contributed by atoms with E-state index in [-0.39, 0.29) is 28.7 Å². The summed E-state index contributed by atoms with van der Waals surface area (Å²) in [5, 5.41) is 0. The fraction of sp³-hybridized carbons (Fsp3) is 0.739. The molecule has 6 atom stereocenters. The largest absolute Gasteiger partial charge is 0.462 e. The first-order chi connectivity index (χ1) is 12.3. The Hall–Kier alpha value is -1.38. The third-order valence-electron chi connectivity index (χ3n) is 8.35. The molecule has 4 aliphatic carbocycles. The van der Waals surface area contributed by atoms with Gasteiger partial charge in [-0.05, 0) is 79.6 Å². The molecular formula is C23H32O3. The van der Waals surface area contributed by atoms with Crippen LogP contribution in [0.4, 0.5) is 0 Å². The number of ketones is 1. The van der Waals surface area contributed by atoms with E-state index in [9.17, 15) is 9.59 Å². The van der Waals surface area contributed by atoms with Crippen LogP contribution in [0.1, 0.15) is 72.6 Å². The summed E-state index contributed by atoms with van der Waals surface area (Å²) in [6.45, 7) is 8.05. The number of Topliss-reactive ketones (excluding diaryl/α,β-unsaturated/α-hetero) is 1. The average Bonchev–Trinajstić information content (AvgIpc) is 2.92. The highest BCUT2D eigenvalue weighted by molar-refractivity contribution is 5.95. The Kier molecular flexibility index (Phi) is 4.20. The number of rotatable bonds is 2. The first-order valence-electron chi connectivity index (χ1n) is 10.3. The van der Waals surface area contributed by atoms with Gasteiger partial charge in [-0.15, -0.1) is 0 Å². The van der Waals surface area contributed by atoms with E-state index in [2.05, 4.69) is 26.0 Å². The Morgan fingerprint density at radius 3 is 2.42 bits per heavy atom. The fourth-order valence-electron chi connectivity index (χ4n) is 7.08. The van der Waals surface area contributed by atoms with Gasteiger partial charge in [0.25, 0.3) is 0 Å². The summed E-state index contributed by atoms with van der Waals surface area (Å²) in [4.78, 5) is 23.5. The van der Waals surface area contributed by atoms with Crippen LogP contribution in [-0.4, -0.2) is 17.9 Å². The molecule has 0 spiro atoms. The van der Waals surface area contributed by atoms with Crippen molar-refractivity contribution in [2.75, 3.05) is 0 Å². The number of esters is 1. The molecule has 0 aromatic rings. The second kappa shape index (κ2) is 6.07. The lowest BCUT2D eigenvalue weighted by Gasteiger charge is -2.57. The Bertz CT molecular complexity index is 702. The molecule has 2 saturated carbocycles. The van der Waals surface area contributed by atoms with Gasteiger partial charge in [-0.2, -0.15) is 0 Å². The van der Waals surface area contributed by atoms with Crippen LogP contribution >= 0.6 is 0 Å². The molecule has 0 aromatic carbocycles. The zero-order chi connectivity index (χ0) is 18.7. The first-order valence-corrected chi connectivity index (χ1v) is 10.3. The van der Waals surface area contributed by atoms with Gasteiger partial charge in [-0.1, -0.05) is 31.6 Å². The van der Waals surface area contributed by atoms with Gasteiger partial charge in [-0.3, -0.25) is 9.59 Å². The molecule has 0 bridgehead atoms. The summed E-state index contributed by atoms with van der Waals surface area (Å²) in [6.07, 6.45) is 12.3. The van der Waals surface area contributed by atoms with Crippen LogP contribution in [0, 0.1) is 28.6 Å². The maximum Gasteiger partial charge on any atom is 0.302 e. The van der Waals surface area contributed by atoms with E-state index >= 15 is 0 Å². The maximum absolute atomic E-state index is 12.2. The molecule has 0 amide bonds. The second-order valence-corrected chi connectivity index (χ2v) is 9.60. The number of hydrogen-bond donors (Lipinski definition) is 0. The molecule has 3 heteroatoms. The summed E-state index contributed by atoms with van der Waals surface area (Å²) in [6, 6.07) is 0. The Morgan fingerprint density at radius 1 is 1.00 bits per heavy atom. The van der Waals surface area contributed by atoms with Crippen LogP contribution in [0.2, 0.25) is 0 Å². The van der Waals surface area contributed by atoms with Crippen LogP contribution in [0.25, 0.3) is 0 Å². The summed E-state index contributed by atoms with van der Waals surface area (Å²) in [5.41, 5.74) is 2.96. The van der Waals surface area contributed by atoms with Gasteiger partial charge < -0.3 is 4.74 Å². The molecule has 0 saturated heterocycles. The summed E-state index contributed by atoms with van der Waals surface area (Å²) in [7, 11) is 0. The van der Waals surface area contributed by atoms with E-state index in [4.69, 9.17) is 4.74 Å². The van der Waals surface area contributed by atoms with Crippen molar-refractivity contribution in [2.24, 2.45) is 28.6 Å². The van der Waals surface area contributed by atoms with Crippen LogP contribution in [0.3, 0.4) is 0 Å². The van der Waals surface area contributed by atoms with Crippen molar-refractivity contribution in [1.29, 1.82) is 0 Å². The zero-order valence-corrected chi connectivity index (χ0v) is 16.6. The molecule has 0 aromatic heterocycles. The molecular weight excluding hydrogens is 324 g/mol. The minimum absolute atomic E-state index is 0.0645. The molecule has 0 aliphatic heterocycles. The van der Waals surface area contributed by atoms with Crippen molar-refractivity contribution in [1.82, 2.24) is 0 Å². The molecule has 3 nitrogen and oxygen atoms in total. The van der Waals surface area contributed by atoms with Crippen molar-refractivity contribution in [3.05, 3.63) is 23.3 Å². The summed E-state index contributed by atoms with van der Waals surface area (Å²) < 4.78 is 5.52. The highest BCUT2D eigenvalue weighted by atomic mass is 16.5. The van der Waals surface area contributed by atoms with Crippen LogP contribution < -0.4 is 0 Å². The Morgan fingerprint density at radius 2 is 1.73 bits per heavy atom. The lowest BCUT2D eigenvalue weighted by Crippen LogP contribution is -2.50. The Balaban J connectivity index is 1.59. The van der Waals surface area contributed by atoms with E-state index in [1.165, 1.54) is 18.9 Å². The van der Waals surface area contributed by atoms with Crippen molar-refractivity contribution in [2.45, 2.75) is 78.7 Å². The van der Waals surface area contributed by atoms with Crippen molar-refractivity contribution >= 4 is 11.8 Å². The predicted octanol–water partition coefficient (Wildman–Crippen LogP) is 5.01. The summed E-state index contributed by atoms with van der Waals surface area (Å²) >= 11 is 0. The van der Waals surface area contributed by atoms with E-state index in [0.29, 0.717) is 17.8 Å². The van der Waals surface area contributed by atoms with E-state index in [1.807, 2.05) is 0 Å². The topological polar surface area (TPSA) is 43.4 Å². The Labute approximate surface area is 157 Å². The highest BCUT2D eigenvalue weighted by Crippen LogP contribution is 2.65. The van der Waals surface area contributed by atoms with Gasteiger partial charge in [0.15, 0.2) is 5.78 Å². The number of carbonyl (C=O) groups is 2. The van der Waals surface area contributed by atoms with Crippen LogP contribution in [0.5, 0.6) is 0 Å². The predicted molar refractivity (Wildman–Crippen MR) is 101 cm³/mol. The molecule has 0 N–H and O–H groups in total. The van der Waals surface area contributed by atoms with E-state index in [1.54, 1.807) is 6.92 Å². The third-order valence-corrected chi connectivity index (χ3v) is 8.35. The normalized spacial score (nSPS) is 44.2. The van der Waals surface area contributed by atoms with Gasteiger partial charge in [-0.25, -0.2) is 0 Å². The highest BCUT2D eigenvalue weighted by Gasteiger charge is 2.57. The van der Waals surface area contributed by atoms with Crippen molar-refractivity contribution < 1.29 is 14.3 Å². The SMILES string of the molecule is CC(=O)OC1CC[C@@]2(C)C(=CCC3C2CC[C@]2(C)C(C(C)=O)=CC[C@@H]32)C1. The fourth-order valence-corrected chi connectivity index (χ4v) is 7.08. The summed E-state index contributed by atoms with van der Waals surface area (Å²) in [5.74, 6) is 2.11. The number of carbonyl (C=O) groups excluding carboxylic acids is 2. The second-order valence-electron chi connectivity index (χ2n) is 9.60. The molecule has 0 radical (unpaired) electrons. The lowest BCUT2D eigenvalue weighted by atomic mass is 9.47. The molecule has 26 heavy (non-hydrogen) atoms. The third kappa shape index (κ3) is 2.53. The molecule has 2 fully saturated rings. The van der Waals surface area contributed by atoms with Gasteiger partial charge >= 0.3 is 5.97 Å². The first kappa shape index (κ1) is 18.0. The standard InChI is InChI=1S/C23H32O3/c1-14(24)19-7-8-20-18-6-5-16-13-17(26-15(2)25)9-11-22(16,3)21(18)10-12-23(19,20)4/h5,7,17-18,20-21H,6,8-13H2,1-4H3/t17?,18?,20-,21?,22-,23+/m0/s1. The minimum atomic E-state index is -0.157. The van der Waals surface area contributed by atoms with Crippen LogP contribution in [0.15, 0.2) is 23.3 Å². The monoisotopic (exact) mass is 356 g/mol. The molecule has 142 valence electrons. The zero-order valence-electron chi connectivity index (χ0n) is 16.6. The van der Waals surface area contributed by atoms with Gasteiger partial charge in [0.05, 0.1) is 0 Å². The van der Waals surface area contributed by atoms with E-state index in [0.717, 1.165) is 44.1 Å². The van der Waals surface area contributed by atoms with E-state index < -0.39 is 0 Å². The van der Waals surface area contributed by atoms with Crippen molar-refractivity contribution in [3.63, 3.8) is 0 Å². The van der Waals surface area contributed by atoms with Crippen LogP contribution in [-0.2, 0) is 14.3 Å². The average molecular weight is 357 g/mol. The minimum Gasteiger partial charge on any atom is -0.462 e. The smallest absolute Gasteiger partial charge is 0.302 e. The quantitative estimate of drug-likeness (QED) is 0.516. The van der Waals surface area contributed by atoms with Gasteiger partial charge in [0.2, 0.25) is 0 Å². The molecule has 4 aliphatic rings. The number of fused-ring (bicyclic) bond motifs is 5. The van der Waals surface area contributed by atoms with Crippen molar-refractivity contribution in [3.8, 4) is 0 Å². The number of hydrogen-bond acceptors (Lipinski definition) is 3. The molecule has 3 unspecified atom stereocenters. The molecule has 0 heterocycles. The van der Waals surface area contributed by atoms with Gasteiger partial charge in [0, 0.05) is 13.3 Å². The number of allylic oxidation sites excluding steroid dienone is 3. The maximum atomic E-state index is 12.2. The van der Waals surface area contributed by atoms with Gasteiger partial charge in [0.1, 0.15) is 6.10 Å².